The van der Waals surface area contributed by atoms with Crippen LogP contribution in [0.25, 0.3) is 5.65 Å². The van der Waals surface area contributed by atoms with Crippen molar-refractivity contribution in [3.05, 3.63) is 41.6 Å². The molecule has 0 spiro atoms. The monoisotopic (exact) mass is 604 g/mol. The molecule has 5 rings (SSSR count). The largest absolute Gasteiger partial charge is 0.477 e. The van der Waals surface area contributed by atoms with Crippen molar-refractivity contribution in [3.63, 3.8) is 0 Å². The number of aliphatic carboxylic acids is 1. The topological polar surface area (TPSA) is 246 Å². The number of β-lactam (4-membered cyclic amide) rings is 1. The van der Waals surface area contributed by atoms with Gasteiger partial charge in [0.15, 0.2) is 17.1 Å². The van der Waals surface area contributed by atoms with Crippen LogP contribution in [-0.4, -0.2) is 89.6 Å². The molecule has 0 saturated carbocycles. The number of nitrogens with zero attached hydrogens (tertiary/aromatic N) is 7. The number of oxime groups is 1. The van der Waals surface area contributed by atoms with E-state index in [1.165, 1.54) is 23.4 Å². The SMILES string of the molecule is COCO/N=C(\C(=O)N[C@@H]1C(=O)N2C(C(=O)O)=C(C[n+]3ccn4nc(NC(N)=O)ccc43)CS[C@H]12)c1nsc(N)n1. The van der Waals surface area contributed by atoms with Crippen molar-refractivity contribution in [3.8, 4) is 0 Å². The Morgan fingerprint density at radius 1 is 1.34 bits per heavy atom. The molecule has 41 heavy (non-hydrogen) atoms. The average molecular weight is 605 g/mol. The van der Waals surface area contributed by atoms with Gasteiger partial charge in [0, 0.05) is 36.0 Å². The maximum Gasteiger partial charge on any atom is 0.352 e. The highest BCUT2D eigenvalue weighted by atomic mass is 32.2. The second kappa shape index (κ2) is 11.3. The summed E-state index contributed by atoms with van der Waals surface area (Å²) in [6, 6.07) is 1.44. The molecular formula is C21H22N11O7S2+. The van der Waals surface area contributed by atoms with Crippen LogP contribution in [0.2, 0.25) is 0 Å². The highest BCUT2D eigenvalue weighted by Crippen LogP contribution is 2.40. The second-order valence-electron chi connectivity index (χ2n) is 8.49. The van der Waals surface area contributed by atoms with Crippen LogP contribution in [0.4, 0.5) is 15.7 Å². The van der Waals surface area contributed by atoms with Crippen molar-refractivity contribution in [2.24, 2.45) is 10.9 Å². The van der Waals surface area contributed by atoms with E-state index in [2.05, 4.69) is 30.2 Å². The first kappa shape index (κ1) is 27.7. The number of carboxylic acids is 1. The molecule has 0 bridgehead atoms. The van der Waals surface area contributed by atoms with Gasteiger partial charge in [-0.3, -0.25) is 19.8 Å². The number of rotatable bonds is 10. The summed E-state index contributed by atoms with van der Waals surface area (Å²) in [5.41, 5.74) is 11.3. The molecule has 1 fully saturated rings. The number of ether oxygens (including phenoxy) is 1. The van der Waals surface area contributed by atoms with E-state index in [1.807, 2.05) is 0 Å². The Labute approximate surface area is 238 Å². The number of methoxy groups -OCH3 is 1. The van der Waals surface area contributed by atoms with Gasteiger partial charge in [0.1, 0.15) is 29.9 Å². The summed E-state index contributed by atoms with van der Waals surface area (Å²) in [4.78, 5) is 59.6. The first-order chi connectivity index (χ1) is 19.7. The number of nitrogens with two attached hydrogens (primary N) is 2. The number of aromatic nitrogens is 5. The molecule has 1 saturated heterocycles. The Kier molecular flexibility index (Phi) is 7.68. The molecule has 18 nitrogen and oxygen atoms in total. The molecule has 0 aromatic carbocycles. The van der Waals surface area contributed by atoms with Gasteiger partial charge in [-0.1, -0.05) is 14.8 Å². The number of fused-ring (bicyclic) bond motifs is 2. The lowest BCUT2D eigenvalue weighted by Crippen LogP contribution is -2.71. The van der Waals surface area contributed by atoms with Crippen LogP contribution in [0.15, 0.2) is 41.0 Å². The highest BCUT2D eigenvalue weighted by molar-refractivity contribution is 8.00. The van der Waals surface area contributed by atoms with Crippen molar-refractivity contribution < 1.29 is 38.4 Å². The van der Waals surface area contributed by atoms with Crippen molar-refractivity contribution in [1.82, 2.24) is 29.2 Å². The van der Waals surface area contributed by atoms with Crippen molar-refractivity contribution in [2.75, 3.05) is 30.7 Å². The Bertz CT molecular complexity index is 1620. The average Bonchev–Trinajstić information content (AvgIpc) is 3.54. The molecule has 7 N–H and O–H groups in total. The van der Waals surface area contributed by atoms with Crippen LogP contribution in [0.3, 0.4) is 0 Å². The second-order valence-corrected chi connectivity index (χ2v) is 10.4. The Hall–Kier alpha value is -4.82. The molecule has 0 unspecified atom stereocenters. The standard InChI is InChI=1S/C21H21N11O7S2/c1-38-8-39-28-12(15-26-21(23)41-29-15)16(33)25-13-17(34)32-14(19(35)36)9(7-40-18(13)32)6-30-4-5-31-11(30)3-2-10(27-31)24-20(22)37/h2-5,13,18H,6-8H2,1H3,(H6-,22,23,24,25,26,27,29,33,35,36,37)/p+1/b28-12-/t13-,18-/m1/s1. The quantitative estimate of drug-likeness (QED) is 0.0434. The van der Waals surface area contributed by atoms with E-state index in [0.29, 0.717) is 11.2 Å². The predicted molar refractivity (Wildman–Crippen MR) is 142 cm³/mol. The number of carboxylic acid groups (broad SMARTS) is 1. The molecule has 4 amide bonds. The van der Waals surface area contributed by atoms with E-state index >= 15 is 0 Å². The highest BCUT2D eigenvalue weighted by Gasteiger charge is 2.54. The zero-order chi connectivity index (χ0) is 29.3. The normalized spacial score (nSPS) is 18.6. The zero-order valence-electron chi connectivity index (χ0n) is 21.1. The van der Waals surface area contributed by atoms with Gasteiger partial charge in [0.25, 0.3) is 11.8 Å². The molecule has 214 valence electrons. The number of urea groups is 1. The third-order valence-corrected chi connectivity index (χ3v) is 7.75. The van der Waals surface area contributed by atoms with E-state index in [-0.39, 0.29) is 47.3 Å². The van der Waals surface area contributed by atoms with E-state index in [1.54, 1.807) is 29.1 Å². The number of imidazole rings is 1. The third-order valence-electron chi connectivity index (χ3n) is 5.87. The van der Waals surface area contributed by atoms with Crippen LogP contribution in [0.1, 0.15) is 5.82 Å². The Morgan fingerprint density at radius 3 is 2.83 bits per heavy atom. The van der Waals surface area contributed by atoms with Gasteiger partial charge in [0.05, 0.1) is 0 Å². The zero-order valence-corrected chi connectivity index (χ0v) is 22.7. The van der Waals surface area contributed by atoms with Gasteiger partial charge in [-0.15, -0.1) is 11.8 Å². The fraction of sp³-hybridized carbons (Fsp3) is 0.286. The van der Waals surface area contributed by atoms with Crippen LogP contribution >= 0.6 is 23.3 Å². The number of anilines is 2. The molecule has 3 aromatic heterocycles. The van der Waals surface area contributed by atoms with E-state index < -0.39 is 35.2 Å². The number of hydrogen-bond donors (Lipinski definition) is 5. The Balaban J connectivity index is 1.35. The minimum Gasteiger partial charge on any atom is -0.477 e. The molecule has 3 aromatic rings. The van der Waals surface area contributed by atoms with Gasteiger partial charge in [-0.25, -0.2) is 14.2 Å². The number of carbonyl (C=O) groups is 4. The van der Waals surface area contributed by atoms with Crippen molar-refractivity contribution >= 4 is 69.4 Å². The smallest absolute Gasteiger partial charge is 0.352 e. The van der Waals surface area contributed by atoms with Gasteiger partial charge < -0.3 is 31.5 Å². The lowest BCUT2D eigenvalue weighted by molar-refractivity contribution is -0.662. The summed E-state index contributed by atoms with van der Waals surface area (Å²) in [7, 11) is 1.37. The summed E-state index contributed by atoms with van der Waals surface area (Å²) >= 11 is 2.14. The van der Waals surface area contributed by atoms with Crippen molar-refractivity contribution in [2.45, 2.75) is 18.0 Å². The van der Waals surface area contributed by atoms with Crippen LogP contribution in [-0.2, 0) is 30.5 Å². The third kappa shape index (κ3) is 5.47. The minimum atomic E-state index is -1.28. The molecule has 0 radical (unpaired) electrons. The van der Waals surface area contributed by atoms with Gasteiger partial charge in [-0.05, 0) is 6.07 Å². The maximum absolute atomic E-state index is 13.2. The van der Waals surface area contributed by atoms with E-state index in [4.69, 9.17) is 21.0 Å². The molecule has 2 aliphatic heterocycles. The minimum absolute atomic E-state index is 0.0946. The van der Waals surface area contributed by atoms with Gasteiger partial charge >= 0.3 is 17.6 Å². The lowest BCUT2D eigenvalue weighted by atomic mass is 10.0. The van der Waals surface area contributed by atoms with Crippen molar-refractivity contribution in [1.29, 1.82) is 0 Å². The van der Waals surface area contributed by atoms with Gasteiger partial charge in [0.2, 0.25) is 18.3 Å². The summed E-state index contributed by atoms with van der Waals surface area (Å²) in [5, 5.41) is 22.4. The van der Waals surface area contributed by atoms with Crippen LogP contribution < -0.4 is 26.7 Å². The van der Waals surface area contributed by atoms with Crippen LogP contribution in [0.5, 0.6) is 0 Å². The molecule has 2 atom stereocenters. The fourth-order valence-corrected chi connectivity index (χ4v) is 5.96. The lowest BCUT2D eigenvalue weighted by Gasteiger charge is -2.49. The molecule has 2 aliphatic rings. The van der Waals surface area contributed by atoms with Crippen LogP contribution in [0, 0.1) is 0 Å². The number of nitrogen functional groups attached to an aromatic ring is 1. The first-order valence-electron chi connectivity index (χ1n) is 11.6. The maximum atomic E-state index is 13.2. The predicted octanol–water partition coefficient (Wildman–Crippen LogP) is -1.69. The summed E-state index contributed by atoms with van der Waals surface area (Å²) < 4.78 is 12.0. The van der Waals surface area contributed by atoms with E-state index in [0.717, 1.165) is 16.4 Å². The molecular weight excluding hydrogens is 582 g/mol. The van der Waals surface area contributed by atoms with Gasteiger partial charge in [-0.2, -0.15) is 9.36 Å². The summed E-state index contributed by atoms with van der Waals surface area (Å²) in [6.07, 6.45) is 3.31. The molecule has 0 aliphatic carbocycles. The molecule has 5 heterocycles. The molecule has 20 heteroatoms. The Morgan fingerprint density at radius 2 is 2.15 bits per heavy atom. The number of thioether (sulfide) groups is 1. The number of hydrogen-bond acceptors (Lipinski definition) is 13. The number of primary amides is 1. The first-order valence-corrected chi connectivity index (χ1v) is 13.4. The summed E-state index contributed by atoms with van der Waals surface area (Å²) in [6.45, 7) is -0.106. The summed E-state index contributed by atoms with van der Waals surface area (Å²) in [5.74, 6) is -2.29. The number of nitrogens with one attached hydrogen (secondary N) is 2. The fourth-order valence-electron chi connectivity index (χ4n) is 4.19. The van der Waals surface area contributed by atoms with E-state index in [9.17, 15) is 24.3 Å². The number of amides is 4. The number of carbonyl (C=O) groups excluding carboxylic acids is 3.